The van der Waals surface area contributed by atoms with Crippen LogP contribution in [-0.2, 0) is 0 Å². The third-order valence-electron chi connectivity index (χ3n) is 1.89. The van der Waals surface area contributed by atoms with Gasteiger partial charge in [0.2, 0.25) is 0 Å². The number of likely N-dealkylation sites (N-methyl/N-ethyl adjacent to an activating group) is 1. The van der Waals surface area contributed by atoms with Crippen molar-refractivity contribution in [1.82, 2.24) is 10.2 Å². The minimum atomic E-state index is 0.224. The zero-order chi connectivity index (χ0) is 10.3. The first-order chi connectivity index (χ1) is 6.06. The number of hydrogen-bond acceptors (Lipinski definition) is 3. The molecule has 0 aromatic heterocycles. The fraction of sp³-hybridized carbons (Fsp3) is 1.00. The Morgan fingerprint density at radius 2 is 1.92 bits per heavy atom. The van der Waals surface area contributed by atoms with Gasteiger partial charge in [0.15, 0.2) is 0 Å². The highest BCUT2D eigenvalue weighted by molar-refractivity contribution is 4.70. The first-order valence-electron chi connectivity index (χ1n) is 5.05. The minimum Gasteiger partial charge on any atom is -0.395 e. The molecular weight excluding hydrogens is 164 g/mol. The zero-order valence-corrected chi connectivity index (χ0v) is 9.38. The summed E-state index contributed by atoms with van der Waals surface area (Å²) in [6, 6.07) is 0.502. The van der Waals surface area contributed by atoms with Gasteiger partial charge in [-0.15, -0.1) is 0 Å². The van der Waals surface area contributed by atoms with Gasteiger partial charge in [-0.1, -0.05) is 13.8 Å². The average molecular weight is 188 g/mol. The highest BCUT2D eigenvalue weighted by atomic mass is 16.3. The quantitative estimate of drug-likeness (QED) is 0.612. The molecule has 1 atom stereocenters. The van der Waals surface area contributed by atoms with E-state index >= 15 is 0 Å². The molecule has 2 N–H and O–H groups in total. The molecule has 0 aliphatic heterocycles. The van der Waals surface area contributed by atoms with Gasteiger partial charge < -0.3 is 15.3 Å². The van der Waals surface area contributed by atoms with Crippen LogP contribution in [0.5, 0.6) is 0 Å². The lowest BCUT2D eigenvalue weighted by atomic mass is 10.0. The van der Waals surface area contributed by atoms with Gasteiger partial charge >= 0.3 is 0 Å². The molecule has 0 saturated carbocycles. The predicted octanol–water partition coefficient (Wildman–Crippen LogP) is 0.545. The van der Waals surface area contributed by atoms with Crippen molar-refractivity contribution in [3.63, 3.8) is 0 Å². The van der Waals surface area contributed by atoms with E-state index in [2.05, 4.69) is 38.2 Å². The SMILES string of the molecule is CC(C)CC(CN(C)C)NCCO. The molecule has 80 valence electrons. The fourth-order valence-corrected chi connectivity index (χ4v) is 1.50. The van der Waals surface area contributed by atoms with Crippen LogP contribution in [0.2, 0.25) is 0 Å². The van der Waals surface area contributed by atoms with Crippen molar-refractivity contribution in [2.24, 2.45) is 5.92 Å². The van der Waals surface area contributed by atoms with Crippen molar-refractivity contribution in [3.8, 4) is 0 Å². The molecule has 0 rings (SSSR count). The molecule has 0 spiro atoms. The molecule has 0 radical (unpaired) electrons. The van der Waals surface area contributed by atoms with Crippen LogP contribution in [0.4, 0.5) is 0 Å². The van der Waals surface area contributed by atoms with Gasteiger partial charge in [-0.25, -0.2) is 0 Å². The summed E-state index contributed by atoms with van der Waals surface area (Å²) in [6.07, 6.45) is 1.16. The third-order valence-corrected chi connectivity index (χ3v) is 1.89. The van der Waals surface area contributed by atoms with Crippen molar-refractivity contribution in [3.05, 3.63) is 0 Å². The second kappa shape index (κ2) is 7.30. The fourth-order valence-electron chi connectivity index (χ4n) is 1.50. The molecule has 0 saturated heterocycles. The Bertz CT molecular complexity index is 105. The largest absolute Gasteiger partial charge is 0.395 e. The summed E-state index contributed by atoms with van der Waals surface area (Å²) < 4.78 is 0. The first-order valence-corrected chi connectivity index (χ1v) is 5.05. The highest BCUT2D eigenvalue weighted by Crippen LogP contribution is 2.04. The maximum Gasteiger partial charge on any atom is 0.0556 e. The van der Waals surface area contributed by atoms with E-state index in [0.717, 1.165) is 13.0 Å². The Morgan fingerprint density at radius 3 is 2.31 bits per heavy atom. The lowest BCUT2D eigenvalue weighted by Crippen LogP contribution is -2.40. The van der Waals surface area contributed by atoms with Gasteiger partial charge in [0.25, 0.3) is 0 Å². The molecule has 1 unspecified atom stereocenters. The van der Waals surface area contributed by atoms with Crippen LogP contribution in [0.3, 0.4) is 0 Å². The molecule has 13 heavy (non-hydrogen) atoms. The first kappa shape index (κ1) is 12.9. The number of nitrogens with zero attached hydrogens (tertiary/aromatic N) is 1. The summed E-state index contributed by atoms with van der Waals surface area (Å²) >= 11 is 0. The Morgan fingerprint density at radius 1 is 1.31 bits per heavy atom. The smallest absolute Gasteiger partial charge is 0.0556 e. The van der Waals surface area contributed by atoms with Crippen molar-refractivity contribution in [1.29, 1.82) is 0 Å². The van der Waals surface area contributed by atoms with E-state index in [1.165, 1.54) is 0 Å². The van der Waals surface area contributed by atoms with Gasteiger partial charge in [-0.2, -0.15) is 0 Å². The molecule has 3 heteroatoms. The molecule has 3 nitrogen and oxygen atoms in total. The lowest BCUT2D eigenvalue weighted by molar-refractivity contribution is 0.258. The molecule has 0 aliphatic carbocycles. The normalized spacial score (nSPS) is 14.1. The lowest BCUT2D eigenvalue weighted by Gasteiger charge is -2.23. The standard InChI is InChI=1S/C10H24N2O/c1-9(2)7-10(8-12(3)4)11-5-6-13/h9-11,13H,5-8H2,1-4H3. The molecule has 0 bridgehead atoms. The van der Waals surface area contributed by atoms with Crippen LogP contribution in [0.15, 0.2) is 0 Å². The van der Waals surface area contributed by atoms with Crippen molar-refractivity contribution >= 4 is 0 Å². The van der Waals surface area contributed by atoms with E-state index in [1.54, 1.807) is 0 Å². The van der Waals surface area contributed by atoms with Crippen molar-refractivity contribution < 1.29 is 5.11 Å². The van der Waals surface area contributed by atoms with Crippen LogP contribution in [0, 0.1) is 5.92 Å². The maximum atomic E-state index is 8.71. The monoisotopic (exact) mass is 188 g/mol. The van der Waals surface area contributed by atoms with E-state index in [0.29, 0.717) is 18.5 Å². The number of aliphatic hydroxyl groups excluding tert-OH is 1. The predicted molar refractivity (Wildman–Crippen MR) is 56.9 cm³/mol. The van der Waals surface area contributed by atoms with Crippen molar-refractivity contribution in [2.45, 2.75) is 26.3 Å². The molecule has 0 amide bonds. The van der Waals surface area contributed by atoms with Gasteiger partial charge in [-0.3, -0.25) is 0 Å². The molecule has 0 aromatic carbocycles. The third kappa shape index (κ3) is 8.22. The Labute approximate surface area is 82.1 Å². The maximum absolute atomic E-state index is 8.71. The van der Waals surface area contributed by atoms with Crippen LogP contribution >= 0.6 is 0 Å². The Hall–Kier alpha value is -0.120. The number of hydrogen-bond donors (Lipinski definition) is 2. The summed E-state index contributed by atoms with van der Waals surface area (Å²) in [5.74, 6) is 0.705. The summed E-state index contributed by atoms with van der Waals surface area (Å²) in [4.78, 5) is 2.18. The molecule has 0 aliphatic rings. The number of nitrogens with one attached hydrogen (secondary N) is 1. The number of aliphatic hydroxyl groups is 1. The number of rotatable bonds is 7. The molecular formula is C10H24N2O. The topological polar surface area (TPSA) is 35.5 Å². The van der Waals surface area contributed by atoms with Crippen LogP contribution in [-0.4, -0.2) is 49.8 Å². The second-order valence-electron chi connectivity index (χ2n) is 4.27. The van der Waals surface area contributed by atoms with E-state index in [4.69, 9.17) is 5.11 Å². The summed E-state index contributed by atoms with van der Waals surface area (Å²) in [5.41, 5.74) is 0. The minimum absolute atomic E-state index is 0.224. The van der Waals surface area contributed by atoms with Crippen LogP contribution in [0.25, 0.3) is 0 Å². The van der Waals surface area contributed by atoms with Crippen LogP contribution < -0.4 is 5.32 Å². The molecule has 0 fully saturated rings. The average Bonchev–Trinajstić information content (AvgIpc) is 1.98. The Balaban J connectivity index is 3.73. The highest BCUT2D eigenvalue weighted by Gasteiger charge is 2.10. The van der Waals surface area contributed by atoms with Gasteiger partial charge in [0, 0.05) is 19.1 Å². The summed E-state index contributed by atoms with van der Waals surface area (Å²) in [5, 5.41) is 12.0. The van der Waals surface area contributed by atoms with E-state index < -0.39 is 0 Å². The van der Waals surface area contributed by atoms with Crippen molar-refractivity contribution in [2.75, 3.05) is 33.8 Å². The zero-order valence-electron chi connectivity index (χ0n) is 9.38. The Kier molecular flexibility index (Phi) is 7.23. The molecule has 0 heterocycles. The summed E-state index contributed by atoms with van der Waals surface area (Å²) in [7, 11) is 4.15. The van der Waals surface area contributed by atoms with E-state index in [-0.39, 0.29) is 6.61 Å². The molecule has 0 aromatic rings. The second-order valence-corrected chi connectivity index (χ2v) is 4.27. The van der Waals surface area contributed by atoms with E-state index in [1.807, 2.05) is 0 Å². The van der Waals surface area contributed by atoms with Gasteiger partial charge in [-0.05, 0) is 26.4 Å². The van der Waals surface area contributed by atoms with Crippen LogP contribution in [0.1, 0.15) is 20.3 Å². The van der Waals surface area contributed by atoms with E-state index in [9.17, 15) is 0 Å². The summed E-state index contributed by atoms with van der Waals surface area (Å²) in [6.45, 7) is 6.41. The van der Waals surface area contributed by atoms with Gasteiger partial charge in [0.05, 0.1) is 6.61 Å². The van der Waals surface area contributed by atoms with Gasteiger partial charge in [0.1, 0.15) is 0 Å².